The summed E-state index contributed by atoms with van der Waals surface area (Å²) in [7, 11) is 2.15. The lowest BCUT2D eigenvalue weighted by atomic mass is 9.81. The van der Waals surface area contributed by atoms with Crippen molar-refractivity contribution < 1.29 is 37.5 Å². The van der Waals surface area contributed by atoms with Gasteiger partial charge in [0.15, 0.2) is 24.8 Å². The number of aromatic nitrogens is 4. The predicted octanol–water partition coefficient (Wildman–Crippen LogP) is 19.7. The van der Waals surface area contributed by atoms with E-state index >= 15 is 0 Å². The van der Waals surface area contributed by atoms with Gasteiger partial charge in [-0.2, -0.15) is 0 Å². The van der Waals surface area contributed by atoms with Gasteiger partial charge in [-0.15, -0.1) is 0 Å². The van der Waals surface area contributed by atoms with Gasteiger partial charge in [-0.1, -0.05) is 231 Å². The highest BCUT2D eigenvalue weighted by atomic mass is 28.3. The average Bonchev–Trinajstić information content (AvgIpc) is 0.739. The molecule has 8 aromatic rings. The molecule has 0 aliphatic heterocycles. The van der Waals surface area contributed by atoms with Crippen LogP contribution in [0.25, 0.3) is 45.0 Å². The van der Waals surface area contributed by atoms with E-state index in [2.05, 4.69) is 190 Å². The van der Waals surface area contributed by atoms with Gasteiger partial charge in [0.2, 0.25) is 22.8 Å². The first-order valence-electron chi connectivity index (χ1n) is 41.6. The Bertz CT molecular complexity index is 4670. The van der Waals surface area contributed by atoms with E-state index in [0.717, 1.165) is 67.3 Å². The second-order valence-electron chi connectivity index (χ2n) is 35.5. The fourth-order valence-corrected chi connectivity index (χ4v) is 16.5. The molecule has 520 valence electrons. The summed E-state index contributed by atoms with van der Waals surface area (Å²) in [5.74, 6) is 0. The number of aryl methyl sites for hydroxylation is 12. The highest BCUT2D eigenvalue weighted by Crippen LogP contribution is 2.33. The van der Waals surface area contributed by atoms with Crippen molar-refractivity contribution in [2.45, 2.75) is 242 Å². The lowest BCUT2D eigenvalue weighted by Crippen LogP contribution is -2.38. The van der Waals surface area contributed by atoms with Crippen molar-refractivity contribution in [3.05, 3.63) is 189 Å². The van der Waals surface area contributed by atoms with Crippen LogP contribution in [0.5, 0.6) is 0 Å². The van der Waals surface area contributed by atoms with Gasteiger partial charge in [-0.05, 0) is 171 Å². The standard InChI is InChI=1S/C26H42NSi.2C22H34NSi.C18H26NSi/c1-19-14-22(28(9,10)11)12-13-23(19)24-15-20(16-25(2,3)4)21(18-27(24)8)17-26(5,6)7;1-16-13-21(23(6)15-18(16)14-22(3,4)5)20-11-10-19(12-17(20)2)24(7,8)9;1-16-12-19(24(7,8)9)10-11-20(16)21-13-18(14-22(3,4)5)17(2)15-23(21)6;1-13-11-18(19(4)12-15(13)3)17-9-8-16(10-14(17)2)20(5,6)7/h12-15,18H,16-17H2,1-11H3;2*10-13,15H,14H2,1-9H3;8-12H,1-7H3/q4*+1/i16D2,17D2;14D2;2D3,14D2;3D3. The molecule has 0 aliphatic rings. The summed E-state index contributed by atoms with van der Waals surface area (Å²) >= 11 is 0. The Morgan fingerprint density at radius 1 is 0.281 bits per heavy atom. The van der Waals surface area contributed by atoms with Crippen LogP contribution in [0.3, 0.4) is 0 Å². The monoisotopic (exact) mass is 1380 g/mol. The molecular formula is C88H136N4Si4+4. The molecule has 0 spiro atoms. The van der Waals surface area contributed by atoms with Crippen LogP contribution in [0.2, 0.25) is 78.6 Å². The SMILES string of the molecule is [2H]C([2H])([2H])c1c[n+](C)c(-c2ccc([Si](C)(C)C)cc2C)cc1C.[2H]C([2H])([2H])c1c[n+](C)c(-c2ccc([Si](C)(C)C)cc2C)cc1C([2H])([2H])C(C)(C)C.[2H]C([2H])(c1c[n+](C)c(-c2ccc([Si](C)(C)C)cc2C)cc1C)C(C)(C)C.[2H]C([2H])(c1cc(-c2ccc([Si](C)(C)C)cc2C)[n+](C)cc1C([2H])([2H])C(C)(C)C)C(C)(C)C. The Balaban J connectivity index is 0.000000264. The molecule has 4 heterocycles. The summed E-state index contributed by atoms with van der Waals surface area (Å²) in [6.45, 7) is 58.5. The van der Waals surface area contributed by atoms with E-state index in [4.69, 9.17) is 19.2 Å². The van der Waals surface area contributed by atoms with Crippen LogP contribution in [-0.4, -0.2) is 32.3 Å². The zero-order valence-electron chi connectivity index (χ0n) is 80.3. The fraction of sp³-hybridized carbons (Fsp3) is 0.500. The second kappa shape index (κ2) is 30.9. The minimum Gasteiger partial charge on any atom is -0.201 e. The van der Waals surface area contributed by atoms with Crippen LogP contribution in [0, 0.1) is 76.9 Å². The lowest BCUT2D eigenvalue weighted by Gasteiger charge is -2.24. The first-order chi connectivity index (χ1) is 49.1. The smallest absolute Gasteiger partial charge is 0.201 e. The Morgan fingerprint density at radius 3 is 0.833 bits per heavy atom. The maximum atomic E-state index is 9.04. The second-order valence-corrected chi connectivity index (χ2v) is 55.9. The van der Waals surface area contributed by atoms with Crippen molar-refractivity contribution in [2.24, 2.45) is 49.9 Å². The molecule has 0 saturated heterocycles. The molecule has 4 nitrogen and oxygen atoms in total. The number of hydrogen-bond acceptors (Lipinski definition) is 0. The highest BCUT2D eigenvalue weighted by molar-refractivity contribution is 6.90. The third-order valence-corrected chi connectivity index (χ3v) is 25.2. The predicted molar refractivity (Wildman–Crippen MR) is 435 cm³/mol. The summed E-state index contributed by atoms with van der Waals surface area (Å²) in [4.78, 5) is 0. The van der Waals surface area contributed by atoms with E-state index in [1.165, 1.54) is 37.4 Å². The van der Waals surface area contributed by atoms with E-state index in [1.54, 1.807) is 43.8 Å². The van der Waals surface area contributed by atoms with Crippen molar-refractivity contribution in [1.29, 1.82) is 0 Å². The van der Waals surface area contributed by atoms with Crippen LogP contribution in [0.4, 0.5) is 0 Å². The van der Waals surface area contributed by atoms with Crippen molar-refractivity contribution >= 4 is 53.0 Å². The van der Waals surface area contributed by atoms with Gasteiger partial charge in [0.25, 0.3) is 0 Å². The molecule has 0 fully saturated rings. The summed E-state index contributed by atoms with van der Waals surface area (Å²) in [6.07, 6.45) is 0.504. The molecule has 4 aromatic heterocycles. The number of pyridine rings is 4. The average molecular weight is 1380 g/mol. The molecule has 0 amide bonds. The van der Waals surface area contributed by atoms with Gasteiger partial charge in [0.1, 0.15) is 28.2 Å². The number of benzene rings is 4. The molecule has 4 aromatic carbocycles. The fourth-order valence-electron chi connectivity index (χ4n) is 11.6. The first-order valence-corrected chi connectivity index (χ1v) is 48.6. The quantitative estimate of drug-likeness (QED) is 0.0856. The summed E-state index contributed by atoms with van der Waals surface area (Å²) in [6, 6.07) is 34.3. The Hall–Kier alpha value is -5.65. The highest BCUT2D eigenvalue weighted by Gasteiger charge is 2.28. The van der Waals surface area contributed by atoms with Gasteiger partial charge in [0, 0.05) is 88.0 Å². The van der Waals surface area contributed by atoms with Crippen molar-refractivity contribution in [1.82, 2.24) is 0 Å². The maximum absolute atomic E-state index is 9.04. The van der Waals surface area contributed by atoms with E-state index < -0.39 is 93.2 Å². The minimum atomic E-state index is -2.39. The van der Waals surface area contributed by atoms with E-state index in [9.17, 15) is 0 Å². The third-order valence-electron chi connectivity index (χ3n) is 17.0. The van der Waals surface area contributed by atoms with Crippen LogP contribution in [-0.2, 0) is 53.7 Å². The van der Waals surface area contributed by atoms with Gasteiger partial charge >= 0.3 is 0 Å². The largest absolute Gasteiger partial charge is 0.212 e. The number of nitrogens with zero attached hydrogens (tertiary/aromatic N) is 4. The molecule has 0 unspecified atom stereocenters. The molecule has 96 heavy (non-hydrogen) atoms. The van der Waals surface area contributed by atoms with Crippen molar-refractivity contribution in [2.75, 3.05) is 0 Å². The van der Waals surface area contributed by atoms with E-state index in [0.29, 0.717) is 16.7 Å². The zero-order chi connectivity index (χ0) is 85.3. The molecule has 0 bridgehead atoms. The Labute approximate surface area is 613 Å². The Kier molecular flexibility index (Phi) is 19.7. The summed E-state index contributed by atoms with van der Waals surface area (Å²) in [5, 5.41) is 5.68. The zero-order valence-corrected chi connectivity index (χ0v) is 70.3. The number of hydrogen-bond donors (Lipinski definition) is 0. The van der Waals surface area contributed by atoms with E-state index in [1.807, 2.05) is 138 Å². The molecule has 8 heteroatoms. The third kappa shape index (κ3) is 23.2. The van der Waals surface area contributed by atoms with Crippen LogP contribution in [0.1, 0.15) is 169 Å². The van der Waals surface area contributed by atoms with Crippen molar-refractivity contribution in [3.8, 4) is 45.0 Å². The normalized spacial score (nSPS) is 15.6. The molecule has 8 rings (SSSR count). The molecule has 0 saturated carbocycles. The van der Waals surface area contributed by atoms with Crippen LogP contribution in [0.15, 0.2) is 122 Å². The van der Waals surface area contributed by atoms with Gasteiger partial charge in [-0.3, -0.25) is 0 Å². The van der Waals surface area contributed by atoms with Gasteiger partial charge < -0.3 is 0 Å². The summed E-state index contributed by atoms with van der Waals surface area (Å²) < 4.78 is 125. The maximum Gasteiger partial charge on any atom is 0.212 e. The molecule has 0 N–H and O–H groups in total. The summed E-state index contributed by atoms with van der Waals surface area (Å²) in [5.41, 5.74) is 14.7. The minimum absolute atomic E-state index is 0.0695. The topological polar surface area (TPSA) is 15.5 Å². The van der Waals surface area contributed by atoms with Crippen LogP contribution < -0.4 is 39.0 Å². The lowest BCUT2D eigenvalue weighted by molar-refractivity contribution is -0.661. The van der Waals surface area contributed by atoms with Gasteiger partial charge in [-0.25, -0.2) is 18.3 Å². The molecule has 0 aliphatic carbocycles. The molecular weight excluding hydrogens is 1230 g/mol. The molecule has 0 radical (unpaired) electrons. The van der Waals surface area contributed by atoms with Crippen molar-refractivity contribution in [3.63, 3.8) is 0 Å². The Morgan fingerprint density at radius 2 is 0.531 bits per heavy atom. The first kappa shape index (κ1) is 61.4. The van der Waals surface area contributed by atoms with Crippen LogP contribution >= 0.6 is 0 Å². The molecule has 0 atom stereocenters. The van der Waals surface area contributed by atoms with Gasteiger partial charge in [0.05, 0.1) is 32.3 Å². The van der Waals surface area contributed by atoms with E-state index in [-0.39, 0.29) is 11.1 Å². The number of rotatable bonds is 12.